The minimum Gasteiger partial charge on any atom is -0.256 e. The van der Waals surface area contributed by atoms with Crippen LogP contribution in [0.25, 0.3) is 98.9 Å². The largest absolute Gasteiger partial charge is 0.256 e. The summed E-state index contributed by atoms with van der Waals surface area (Å²) >= 11 is 0. The smallest absolute Gasteiger partial charge is 0.0972 e. The summed E-state index contributed by atoms with van der Waals surface area (Å²) in [6, 6.07) is 37.1. The van der Waals surface area contributed by atoms with Crippen molar-refractivity contribution < 1.29 is 11.0 Å². The maximum atomic E-state index is 9.34. The summed E-state index contributed by atoms with van der Waals surface area (Å²) in [6.07, 6.45) is 1.21. The van der Waals surface area contributed by atoms with Crippen LogP contribution in [0.3, 0.4) is 0 Å². The van der Waals surface area contributed by atoms with Gasteiger partial charge >= 0.3 is 0 Å². The lowest BCUT2D eigenvalue weighted by Gasteiger charge is -2.19. The summed E-state index contributed by atoms with van der Waals surface area (Å²) in [4.78, 5) is 13.8. The minimum absolute atomic E-state index is 0.0862. The van der Waals surface area contributed by atoms with E-state index in [2.05, 4.69) is 52.4 Å². The van der Waals surface area contributed by atoms with Crippen LogP contribution in [-0.4, -0.2) is 15.0 Å². The third kappa shape index (κ3) is 4.48. The van der Waals surface area contributed by atoms with Crippen LogP contribution in [0.1, 0.15) is 11.0 Å². The van der Waals surface area contributed by atoms with E-state index in [9.17, 15) is 2.74 Å². The molecule has 232 valence electrons. The van der Waals surface area contributed by atoms with Crippen molar-refractivity contribution in [2.24, 2.45) is 0 Å². The predicted molar refractivity (Wildman–Crippen MR) is 209 cm³/mol. The molecule has 3 heterocycles. The zero-order chi connectivity index (χ0) is 40.0. The number of pyridine rings is 3. The van der Waals surface area contributed by atoms with E-state index in [1.165, 1.54) is 0 Å². The van der Waals surface area contributed by atoms with Gasteiger partial charge in [0.2, 0.25) is 0 Å². The Bertz CT molecular complexity index is 3320. The van der Waals surface area contributed by atoms with Gasteiger partial charge in [-0.25, -0.2) is 4.98 Å². The number of fused-ring (bicyclic) bond motifs is 6. The molecule has 0 radical (unpaired) electrons. The maximum Gasteiger partial charge on any atom is 0.0972 e. The average molecular weight is 644 g/mol. The Morgan fingerprint density at radius 2 is 0.980 bits per heavy atom. The third-order valence-corrected chi connectivity index (χ3v) is 9.41. The third-order valence-electron chi connectivity index (χ3n) is 9.41. The number of hydrogen-bond acceptors (Lipinski definition) is 3. The molecule has 0 aliphatic rings. The van der Waals surface area contributed by atoms with E-state index in [0.29, 0.717) is 5.56 Å². The van der Waals surface area contributed by atoms with Gasteiger partial charge in [0.1, 0.15) is 0 Å². The molecular weight excluding hydrogens is 607 g/mol. The Balaban J connectivity index is 1.23. The highest BCUT2D eigenvalue weighted by Gasteiger charge is 2.19. The molecule has 0 N–H and O–H groups in total. The molecular formula is C47H29N3. The molecule has 50 heavy (non-hydrogen) atoms. The van der Waals surface area contributed by atoms with Crippen molar-refractivity contribution in [1.82, 2.24) is 15.0 Å². The second-order valence-corrected chi connectivity index (χ2v) is 12.2. The highest BCUT2D eigenvalue weighted by molar-refractivity contribution is 6.24. The minimum atomic E-state index is -0.579. The monoisotopic (exact) mass is 643 g/mol. The summed E-state index contributed by atoms with van der Waals surface area (Å²) in [7, 11) is 0. The Labute approximate surface area is 300 Å². The molecule has 10 rings (SSSR count). The van der Waals surface area contributed by atoms with E-state index >= 15 is 0 Å². The van der Waals surface area contributed by atoms with Crippen molar-refractivity contribution in [3.05, 3.63) is 176 Å². The first kappa shape index (κ1) is 21.3. The quantitative estimate of drug-likeness (QED) is 0.141. The van der Waals surface area contributed by atoms with Crippen LogP contribution < -0.4 is 0 Å². The molecule has 7 aromatic carbocycles. The molecule has 3 nitrogen and oxygen atoms in total. The molecule has 0 fully saturated rings. The number of aromatic nitrogens is 3. The van der Waals surface area contributed by atoms with Crippen LogP contribution in [0.5, 0.6) is 0 Å². The SMILES string of the molecule is [2H]c1nc(-c2c([2H])c([2H])c(-c3c4ccccc4c(-c4ccc(-c5ccc6ccc7cccnc7c6n5)c5ccccc45)c4ccccc34)c([2H])c2[2H])c([2H])c([2H])c1[2H]. The van der Waals surface area contributed by atoms with Gasteiger partial charge in [-0.15, -0.1) is 0 Å². The molecule has 3 aromatic heterocycles. The van der Waals surface area contributed by atoms with Gasteiger partial charge in [0.25, 0.3) is 0 Å². The standard InChI is InChI=1S/C47H29N3/c1-2-12-35-34(11-1)36(43-27-24-33-23-22-32-10-9-29-49-46(32)47(33)50-43)25-26-41(35)45-39-15-5-3-13-37(39)44(38-14-4-6-16-40(38)45)31-20-18-30(19-21-31)42-17-7-8-28-48-42/h1-29H/i7D,8D,17D,18D,19D,20D,21D,28D. The van der Waals surface area contributed by atoms with E-state index in [-0.39, 0.29) is 28.9 Å². The lowest BCUT2D eigenvalue weighted by molar-refractivity contribution is 1.33. The van der Waals surface area contributed by atoms with Crippen LogP contribution in [0.4, 0.5) is 0 Å². The Morgan fingerprint density at radius 1 is 0.400 bits per heavy atom. The van der Waals surface area contributed by atoms with Gasteiger partial charge in [0.05, 0.1) is 33.4 Å². The first-order valence-electron chi connectivity index (χ1n) is 20.3. The highest BCUT2D eigenvalue weighted by Crippen LogP contribution is 2.46. The zero-order valence-corrected chi connectivity index (χ0v) is 26.5. The molecule has 10 aromatic rings. The normalized spacial score (nSPS) is 13.8. The molecule has 0 amide bonds. The van der Waals surface area contributed by atoms with Gasteiger partial charge < -0.3 is 0 Å². The fourth-order valence-electron chi connectivity index (χ4n) is 7.21. The van der Waals surface area contributed by atoms with Gasteiger partial charge in [-0.3, -0.25) is 9.97 Å². The predicted octanol–water partition coefficient (Wildman–Crippen LogP) is 12.3. The van der Waals surface area contributed by atoms with Crippen molar-refractivity contribution >= 4 is 54.1 Å². The average Bonchev–Trinajstić information content (AvgIpc) is 3.26. The summed E-state index contributed by atoms with van der Waals surface area (Å²) in [5.74, 6) is 0. The van der Waals surface area contributed by atoms with Crippen LogP contribution in [-0.2, 0) is 0 Å². The van der Waals surface area contributed by atoms with Crippen LogP contribution in [0.2, 0.25) is 0 Å². The van der Waals surface area contributed by atoms with Gasteiger partial charge in [0.15, 0.2) is 0 Å². The lowest BCUT2D eigenvalue weighted by Crippen LogP contribution is -1.93. The Hall–Kier alpha value is -6.71. The van der Waals surface area contributed by atoms with Crippen LogP contribution in [0, 0.1) is 0 Å². The van der Waals surface area contributed by atoms with Crippen molar-refractivity contribution in [3.63, 3.8) is 0 Å². The number of hydrogen-bond donors (Lipinski definition) is 0. The molecule has 0 aliphatic heterocycles. The van der Waals surface area contributed by atoms with Gasteiger partial charge in [0, 0.05) is 34.3 Å². The van der Waals surface area contributed by atoms with Gasteiger partial charge in [-0.2, -0.15) is 0 Å². The summed E-state index contributed by atoms with van der Waals surface area (Å²) in [6.45, 7) is 0. The fourth-order valence-corrected chi connectivity index (χ4v) is 7.21. The van der Waals surface area contributed by atoms with E-state index in [1.54, 1.807) is 6.20 Å². The molecule has 0 unspecified atom stereocenters. The maximum absolute atomic E-state index is 9.34. The van der Waals surface area contributed by atoms with Crippen LogP contribution in [0.15, 0.2) is 176 Å². The van der Waals surface area contributed by atoms with E-state index in [4.69, 9.17) is 13.2 Å². The molecule has 3 heteroatoms. The van der Waals surface area contributed by atoms with Gasteiger partial charge in [-0.05, 0) is 78.8 Å². The van der Waals surface area contributed by atoms with Crippen molar-refractivity contribution in [3.8, 4) is 44.8 Å². The summed E-state index contributed by atoms with van der Waals surface area (Å²) in [5.41, 5.74) is 5.41. The molecule has 0 saturated heterocycles. The second kappa shape index (κ2) is 11.5. The molecule has 0 aliphatic carbocycles. The number of nitrogens with zero attached hydrogens (tertiary/aromatic N) is 3. The van der Waals surface area contributed by atoms with Crippen molar-refractivity contribution in [2.75, 3.05) is 0 Å². The fraction of sp³-hybridized carbons (Fsp3) is 0. The second-order valence-electron chi connectivity index (χ2n) is 12.2. The van der Waals surface area contributed by atoms with Crippen LogP contribution >= 0.6 is 0 Å². The highest BCUT2D eigenvalue weighted by atomic mass is 14.8. The van der Waals surface area contributed by atoms with Gasteiger partial charge in [-0.1, -0.05) is 139 Å². The van der Waals surface area contributed by atoms with E-state index < -0.39 is 36.4 Å². The molecule has 0 atom stereocenters. The topological polar surface area (TPSA) is 38.7 Å². The Morgan fingerprint density at radius 3 is 1.70 bits per heavy atom. The first-order valence-corrected chi connectivity index (χ1v) is 16.3. The molecule has 0 saturated carbocycles. The first-order chi connectivity index (χ1) is 28.1. The van der Waals surface area contributed by atoms with E-state index in [0.717, 1.165) is 76.5 Å². The Kier molecular flexibility index (Phi) is 4.89. The van der Waals surface area contributed by atoms with Crippen molar-refractivity contribution in [2.45, 2.75) is 0 Å². The lowest BCUT2D eigenvalue weighted by atomic mass is 9.84. The van der Waals surface area contributed by atoms with Crippen molar-refractivity contribution in [1.29, 1.82) is 0 Å². The molecule has 0 bridgehead atoms. The number of rotatable bonds is 4. The molecule has 0 spiro atoms. The zero-order valence-electron chi connectivity index (χ0n) is 34.5. The summed E-state index contributed by atoms with van der Waals surface area (Å²) in [5, 5.41) is 7.23. The number of benzene rings is 7. The summed E-state index contributed by atoms with van der Waals surface area (Å²) < 4.78 is 69.6. The van der Waals surface area contributed by atoms with E-state index in [1.807, 2.05) is 78.9 Å².